The van der Waals surface area contributed by atoms with Crippen molar-refractivity contribution in [2.45, 2.75) is 32.9 Å². The molecule has 1 aromatic rings. The summed E-state index contributed by atoms with van der Waals surface area (Å²) in [7, 11) is 0. The summed E-state index contributed by atoms with van der Waals surface area (Å²) in [6, 6.07) is 4.96. The number of piperazine rings is 1. The predicted octanol–water partition coefficient (Wildman–Crippen LogP) is 1.57. The SMILES string of the molecule is CCC1CNCCN1Cc1ccc(C)nc1. The van der Waals surface area contributed by atoms with Crippen LogP contribution in [0.2, 0.25) is 0 Å². The second-order valence-corrected chi connectivity index (χ2v) is 4.54. The third-order valence-electron chi connectivity index (χ3n) is 3.30. The maximum Gasteiger partial charge on any atom is 0.0372 e. The molecule has 1 N–H and O–H groups in total. The maximum atomic E-state index is 4.35. The fourth-order valence-corrected chi connectivity index (χ4v) is 2.24. The molecule has 0 spiro atoms. The van der Waals surface area contributed by atoms with Gasteiger partial charge in [0.25, 0.3) is 0 Å². The molecule has 88 valence electrons. The third-order valence-corrected chi connectivity index (χ3v) is 3.30. The van der Waals surface area contributed by atoms with Gasteiger partial charge in [-0.1, -0.05) is 13.0 Å². The Balaban J connectivity index is 1.99. The van der Waals surface area contributed by atoms with Gasteiger partial charge in [0.15, 0.2) is 0 Å². The highest BCUT2D eigenvalue weighted by atomic mass is 15.2. The molecule has 0 amide bonds. The molecule has 16 heavy (non-hydrogen) atoms. The molecule has 0 aliphatic carbocycles. The molecule has 1 aromatic heterocycles. The smallest absolute Gasteiger partial charge is 0.0372 e. The van der Waals surface area contributed by atoms with Crippen LogP contribution in [0.3, 0.4) is 0 Å². The van der Waals surface area contributed by atoms with Crippen molar-refractivity contribution in [3.05, 3.63) is 29.6 Å². The van der Waals surface area contributed by atoms with Gasteiger partial charge in [0.2, 0.25) is 0 Å². The number of aryl methyl sites for hydroxylation is 1. The van der Waals surface area contributed by atoms with E-state index in [1.165, 1.54) is 12.0 Å². The summed E-state index contributed by atoms with van der Waals surface area (Å²) >= 11 is 0. The first-order valence-electron chi connectivity index (χ1n) is 6.16. The van der Waals surface area contributed by atoms with Crippen molar-refractivity contribution >= 4 is 0 Å². The number of rotatable bonds is 3. The molecule has 1 aliphatic rings. The zero-order valence-corrected chi connectivity index (χ0v) is 10.2. The number of aromatic nitrogens is 1. The van der Waals surface area contributed by atoms with Gasteiger partial charge in [-0.25, -0.2) is 0 Å². The minimum atomic E-state index is 0.676. The van der Waals surface area contributed by atoms with Crippen molar-refractivity contribution in [2.24, 2.45) is 0 Å². The highest BCUT2D eigenvalue weighted by Crippen LogP contribution is 2.12. The Morgan fingerprint density at radius 2 is 2.38 bits per heavy atom. The highest BCUT2D eigenvalue weighted by Gasteiger charge is 2.20. The van der Waals surface area contributed by atoms with E-state index >= 15 is 0 Å². The Kier molecular flexibility index (Phi) is 3.91. The minimum Gasteiger partial charge on any atom is -0.314 e. The van der Waals surface area contributed by atoms with Gasteiger partial charge >= 0.3 is 0 Å². The van der Waals surface area contributed by atoms with Crippen LogP contribution >= 0.6 is 0 Å². The van der Waals surface area contributed by atoms with Crippen molar-refractivity contribution < 1.29 is 0 Å². The van der Waals surface area contributed by atoms with Crippen LogP contribution < -0.4 is 5.32 Å². The molecule has 2 rings (SSSR count). The van der Waals surface area contributed by atoms with Crippen LogP contribution in [-0.2, 0) is 6.54 Å². The lowest BCUT2D eigenvalue weighted by Gasteiger charge is -2.35. The summed E-state index contributed by atoms with van der Waals surface area (Å²) in [5.41, 5.74) is 2.42. The highest BCUT2D eigenvalue weighted by molar-refractivity contribution is 5.13. The van der Waals surface area contributed by atoms with E-state index in [1.807, 2.05) is 13.1 Å². The predicted molar refractivity (Wildman–Crippen MR) is 66.3 cm³/mol. The normalized spacial score (nSPS) is 22.2. The van der Waals surface area contributed by atoms with E-state index in [2.05, 4.69) is 34.3 Å². The zero-order chi connectivity index (χ0) is 11.4. The summed E-state index contributed by atoms with van der Waals surface area (Å²) in [5, 5.41) is 3.45. The Morgan fingerprint density at radius 3 is 3.06 bits per heavy atom. The maximum absolute atomic E-state index is 4.35. The van der Waals surface area contributed by atoms with Crippen molar-refractivity contribution in [1.82, 2.24) is 15.2 Å². The Labute approximate surface area is 97.9 Å². The fourth-order valence-electron chi connectivity index (χ4n) is 2.24. The Bertz CT molecular complexity index is 320. The molecule has 1 aliphatic heterocycles. The van der Waals surface area contributed by atoms with Gasteiger partial charge in [0, 0.05) is 44.1 Å². The molecule has 1 unspecified atom stereocenters. The van der Waals surface area contributed by atoms with E-state index in [-0.39, 0.29) is 0 Å². The molecule has 0 aromatic carbocycles. The zero-order valence-electron chi connectivity index (χ0n) is 10.2. The standard InChI is InChI=1S/C13H21N3/c1-3-13-9-14-6-7-16(13)10-12-5-4-11(2)15-8-12/h4-5,8,13-14H,3,6-7,9-10H2,1-2H3. The second-order valence-electron chi connectivity index (χ2n) is 4.54. The number of hydrogen-bond acceptors (Lipinski definition) is 3. The van der Waals surface area contributed by atoms with Gasteiger partial charge in [-0.05, 0) is 25.0 Å². The topological polar surface area (TPSA) is 28.2 Å². The molecule has 1 atom stereocenters. The van der Waals surface area contributed by atoms with Crippen LogP contribution in [0, 0.1) is 6.92 Å². The Hall–Kier alpha value is -0.930. The van der Waals surface area contributed by atoms with Crippen LogP contribution in [-0.4, -0.2) is 35.6 Å². The van der Waals surface area contributed by atoms with Crippen molar-refractivity contribution in [3.8, 4) is 0 Å². The molecule has 1 fully saturated rings. The van der Waals surface area contributed by atoms with E-state index in [1.54, 1.807) is 0 Å². The molecular formula is C13H21N3. The fraction of sp³-hybridized carbons (Fsp3) is 0.615. The van der Waals surface area contributed by atoms with Gasteiger partial charge in [0.1, 0.15) is 0 Å². The van der Waals surface area contributed by atoms with Crippen molar-refractivity contribution in [1.29, 1.82) is 0 Å². The lowest BCUT2D eigenvalue weighted by atomic mass is 10.1. The van der Waals surface area contributed by atoms with Gasteiger partial charge in [0.05, 0.1) is 0 Å². The largest absolute Gasteiger partial charge is 0.314 e. The van der Waals surface area contributed by atoms with Crippen molar-refractivity contribution in [2.75, 3.05) is 19.6 Å². The van der Waals surface area contributed by atoms with E-state index in [4.69, 9.17) is 0 Å². The Morgan fingerprint density at radius 1 is 1.50 bits per heavy atom. The first-order valence-corrected chi connectivity index (χ1v) is 6.16. The monoisotopic (exact) mass is 219 g/mol. The quantitative estimate of drug-likeness (QED) is 0.836. The van der Waals surface area contributed by atoms with E-state index in [9.17, 15) is 0 Å². The number of nitrogens with zero attached hydrogens (tertiary/aromatic N) is 2. The summed E-state index contributed by atoms with van der Waals surface area (Å²) in [6.07, 6.45) is 3.22. The molecule has 3 nitrogen and oxygen atoms in total. The van der Waals surface area contributed by atoms with Crippen LogP contribution in [0.15, 0.2) is 18.3 Å². The van der Waals surface area contributed by atoms with E-state index < -0.39 is 0 Å². The molecule has 1 saturated heterocycles. The van der Waals surface area contributed by atoms with Crippen LogP contribution in [0.1, 0.15) is 24.6 Å². The number of pyridine rings is 1. The van der Waals surface area contributed by atoms with Crippen LogP contribution in [0.4, 0.5) is 0 Å². The average molecular weight is 219 g/mol. The summed E-state index contributed by atoms with van der Waals surface area (Å²) in [5.74, 6) is 0. The number of hydrogen-bond donors (Lipinski definition) is 1. The minimum absolute atomic E-state index is 0.676. The first-order chi connectivity index (χ1) is 7.79. The number of nitrogens with one attached hydrogen (secondary N) is 1. The molecule has 0 saturated carbocycles. The summed E-state index contributed by atoms with van der Waals surface area (Å²) in [6.45, 7) is 8.70. The third kappa shape index (κ3) is 2.80. The molecule has 2 heterocycles. The van der Waals surface area contributed by atoms with Gasteiger partial charge in [-0.2, -0.15) is 0 Å². The molecule has 3 heteroatoms. The average Bonchev–Trinajstić information content (AvgIpc) is 2.33. The molecule has 0 bridgehead atoms. The van der Waals surface area contributed by atoms with E-state index in [0.717, 1.165) is 31.9 Å². The van der Waals surface area contributed by atoms with Gasteiger partial charge in [-0.3, -0.25) is 9.88 Å². The van der Waals surface area contributed by atoms with E-state index in [0.29, 0.717) is 6.04 Å². The van der Waals surface area contributed by atoms with Crippen LogP contribution in [0.25, 0.3) is 0 Å². The van der Waals surface area contributed by atoms with Gasteiger partial charge in [-0.15, -0.1) is 0 Å². The summed E-state index contributed by atoms with van der Waals surface area (Å²) in [4.78, 5) is 6.91. The van der Waals surface area contributed by atoms with Gasteiger partial charge < -0.3 is 5.32 Å². The molecule has 0 radical (unpaired) electrons. The van der Waals surface area contributed by atoms with Crippen molar-refractivity contribution in [3.63, 3.8) is 0 Å². The van der Waals surface area contributed by atoms with Crippen LogP contribution in [0.5, 0.6) is 0 Å². The molecular weight excluding hydrogens is 198 g/mol. The first kappa shape index (κ1) is 11.6. The lowest BCUT2D eigenvalue weighted by Crippen LogP contribution is -2.50. The lowest BCUT2D eigenvalue weighted by molar-refractivity contribution is 0.149. The second kappa shape index (κ2) is 5.41. The summed E-state index contributed by atoms with van der Waals surface area (Å²) < 4.78 is 0.